The summed E-state index contributed by atoms with van der Waals surface area (Å²) >= 11 is 1.46. The summed E-state index contributed by atoms with van der Waals surface area (Å²) in [6.07, 6.45) is -0.463. The lowest BCUT2D eigenvalue weighted by Crippen LogP contribution is -2.35. The van der Waals surface area contributed by atoms with Gasteiger partial charge >= 0.3 is 6.09 Å². The van der Waals surface area contributed by atoms with E-state index < -0.39 is 6.09 Å². The maximum Gasteiger partial charge on any atom is 0.413 e. The fourth-order valence-corrected chi connectivity index (χ4v) is 3.31. The molecule has 0 unspecified atom stereocenters. The van der Waals surface area contributed by atoms with Crippen LogP contribution >= 0.6 is 11.3 Å². The van der Waals surface area contributed by atoms with Crippen LogP contribution in [-0.4, -0.2) is 48.9 Å². The summed E-state index contributed by atoms with van der Waals surface area (Å²) in [4.78, 5) is 18.2. The maximum atomic E-state index is 11.4. The predicted octanol–water partition coefficient (Wildman–Crippen LogP) is 2.70. The van der Waals surface area contributed by atoms with Crippen molar-refractivity contribution in [3.05, 3.63) is 23.8 Å². The summed E-state index contributed by atoms with van der Waals surface area (Å²) in [5, 5.41) is 3.22. The number of hydrogen-bond acceptors (Lipinski definition) is 6. The van der Waals surface area contributed by atoms with E-state index in [1.165, 1.54) is 16.9 Å². The van der Waals surface area contributed by atoms with Crippen molar-refractivity contribution in [1.29, 1.82) is 0 Å². The van der Waals surface area contributed by atoms with Crippen LogP contribution in [0.15, 0.2) is 18.2 Å². The molecule has 1 aromatic heterocycles. The largest absolute Gasteiger partial charge is 0.450 e. The molecule has 1 aliphatic heterocycles. The monoisotopic (exact) mass is 321 g/mol. The number of thiazole rings is 1. The molecular formula is C15H19N3O3S. The SMILES string of the molecule is CCOC(=O)Nc1nc2ccc(CN3CCOCC3)cc2s1. The van der Waals surface area contributed by atoms with Gasteiger partial charge in [0.2, 0.25) is 0 Å². The normalized spacial score (nSPS) is 15.9. The van der Waals surface area contributed by atoms with Crippen molar-refractivity contribution in [1.82, 2.24) is 9.88 Å². The molecule has 2 aromatic rings. The first-order valence-electron chi connectivity index (χ1n) is 7.38. The number of rotatable bonds is 4. The molecule has 7 heteroatoms. The average Bonchev–Trinajstić information content (AvgIpc) is 2.90. The van der Waals surface area contributed by atoms with Gasteiger partial charge in [-0.2, -0.15) is 0 Å². The van der Waals surface area contributed by atoms with Gasteiger partial charge < -0.3 is 9.47 Å². The quantitative estimate of drug-likeness (QED) is 0.938. The van der Waals surface area contributed by atoms with Gasteiger partial charge in [0.25, 0.3) is 0 Å². The minimum absolute atomic E-state index is 0.348. The van der Waals surface area contributed by atoms with Gasteiger partial charge in [-0.3, -0.25) is 10.2 Å². The molecule has 1 aliphatic rings. The molecule has 0 radical (unpaired) electrons. The average molecular weight is 321 g/mol. The molecule has 1 N–H and O–H groups in total. The number of morpholine rings is 1. The third-order valence-corrected chi connectivity index (χ3v) is 4.38. The van der Waals surface area contributed by atoms with E-state index in [2.05, 4.69) is 27.3 Å². The molecule has 1 fully saturated rings. The Morgan fingerprint density at radius 3 is 3.05 bits per heavy atom. The lowest BCUT2D eigenvalue weighted by molar-refractivity contribution is 0.0342. The Kier molecular flexibility index (Phi) is 4.87. The number of carbonyl (C=O) groups is 1. The Balaban J connectivity index is 1.70. The summed E-state index contributed by atoms with van der Waals surface area (Å²) in [5.74, 6) is 0. The molecule has 22 heavy (non-hydrogen) atoms. The van der Waals surface area contributed by atoms with Gasteiger partial charge in [0.1, 0.15) is 0 Å². The third-order valence-electron chi connectivity index (χ3n) is 3.45. The molecule has 6 nitrogen and oxygen atoms in total. The fourth-order valence-electron chi connectivity index (χ4n) is 2.39. The van der Waals surface area contributed by atoms with E-state index in [0.717, 1.165) is 43.1 Å². The van der Waals surface area contributed by atoms with Crippen LogP contribution in [0.3, 0.4) is 0 Å². The van der Waals surface area contributed by atoms with E-state index in [-0.39, 0.29) is 0 Å². The van der Waals surface area contributed by atoms with Crippen LogP contribution in [0.5, 0.6) is 0 Å². The minimum atomic E-state index is -0.463. The number of aromatic nitrogens is 1. The summed E-state index contributed by atoms with van der Waals surface area (Å²) in [6, 6.07) is 6.22. The van der Waals surface area contributed by atoms with Crippen LogP contribution in [0.2, 0.25) is 0 Å². The van der Waals surface area contributed by atoms with Gasteiger partial charge in [0.15, 0.2) is 5.13 Å². The zero-order valence-electron chi connectivity index (χ0n) is 12.5. The number of nitrogens with zero attached hydrogens (tertiary/aromatic N) is 2. The lowest BCUT2D eigenvalue weighted by atomic mass is 10.2. The van der Waals surface area contributed by atoms with Gasteiger partial charge in [-0.05, 0) is 24.6 Å². The highest BCUT2D eigenvalue weighted by Gasteiger charge is 2.12. The van der Waals surface area contributed by atoms with Crippen molar-refractivity contribution in [2.45, 2.75) is 13.5 Å². The van der Waals surface area contributed by atoms with Crippen molar-refractivity contribution < 1.29 is 14.3 Å². The van der Waals surface area contributed by atoms with Gasteiger partial charge in [-0.15, -0.1) is 0 Å². The summed E-state index contributed by atoms with van der Waals surface area (Å²) in [7, 11) is 0. The van der Waals surface area contributed by atoms with E-state index in [1.54, 1.807) is 6.92 Å². The first-order valence-corrected chi connectivity index (χ1v) is 8.19. The van der Waals surface area contributed by atoms with Crippen molar-refractivity contribution in [2.24, 2.45) is 0 Å². The molecule has 1 amide bonds. The number of fused-ring (bicyclic) bond motifs is 1. The molecule has 118 valence electrons. The van der Waals surface area contributed by atoms with E-state index in [1.807, 2.05) is 6.07 Å². The highest BCUT2D eigenvalue weighted by Crippen LogP contribution is 2.27. The van der Waals surface area contributed by atoms with Gasteiger partial charge in [-0.1, -0.05) is 17.4 Å². The molecule has 1 aromatic carbocycles. The maximum absolute atomic E-state index is 11.4. The van der Waals surface area contributed by atoms with Crippen molar-refractivity contribution >= 4 is 32.8 Å². The lowest BCUT2D eigenvalue weighted by Gasteiger charge is -2.26. The number of benzene rings is 1. The fraction of sp³-hybridized carbons (Fsp3) is 0.467. The Morgan fingerprint density at radius 1 is 1.45 bits per heavy atom. The third kappa shape index (κ3) is 3.73. The number of hydrogen-bond donors (Lipinski definition) is 1. The number of amides is 1. The summed E-state index contributed by atoms with van der Waals surface area (Å²) < 4.78 is 11.3. The van der Waals surface area contributed by atoms with Crippen LogP contribution in [0.4, 0.5) is 9.93 Å². The van der Waals surface area contributed by atoms with Gasteiger partial charge in [0.05, 0.1) is 30.0 Å². The van der Waals surface area contributed by atoms with Crippen LogP contribution in [0.1, 0.15) is 12.5 Å². The molecule has 1 saturated heterocycles. The molecule has 0 spiro atoms. The van der Waals surface area contributed by atoms with E-state index >= 15 is 0 Å². The summed E-state index contributed by atoms with van der Waals surface area (Å²) in [5.41, 5.74) is 2.14. The molecule has 2 heterocycles. The first-order chi connectivity index (χ1) is 10.7. The van der Waals surface area contributed by atoms with Crippen LogP contribution in [-0.2, 0) is 16.0 Å². The topological polar surface area (TPSA) is 63.7 Å². The zero-order chi connectivity index (χ0) is 15.4. The highest BCUT2D eigenvalue weighted by molar-refractivity contribution is 7.22. The first kappa shape index (κ1) is 15.2. The molecule has 0 aliphatic carbocycles. The van der Waals surface area contributed by atoms with Crippen molar-refractivity contribution in [2.75, 3.05) is 38.2 Å². The number of carbonyl (C=O) groups excluding carboxylic acids is 1. The zero-order valence-corrected chi connectivity index (χ0v) is 13.3. The number of nitrogens with one attached hydrogen (secondary N) is 1. The molecule has 0 saturated carbocycles. The molecular weight excluding hydrogens is 302 g/mol. The smallest absolute Gasteiger partial charge is 0.413 e. The second-order valence-electron chi connectivity index (χ2n) is 5.06. The summed E-state index contributed by atoms with van der Waals surface area (Å²) in [6.45, 7) is 6.58. The Labute approximate surface area is 133 Å². The Hall–Kier alpha value is -1.70. The number of anilines is 1. The van der Waals surface area contributed by atoms with Gasteiger partial charge in [-0.25, -0.2) is 9.78 Å². The molecule has 3 rings (SSSR count). The Morgan fingerprint density at radius 2 is 2.27 bits per heavy atom. The molecule has 0 atom stereocenters. The highest BCUT2D eigenvalue weighted by atomic mass is 32.1. The minimum Gasteiger partial charge on any atom is -0.450 e. The predicted molar refractivity (Wildman–Crippen MR) is 86.4 cm³/mol. The van der Waals surface area contributed by atoms with Crippen LogP contribution in [0.25, 0.3) is 10.2 Å². The Bertz CT molecular complexity index is 653. The van der Waals surface area contributed by atoms with Crippen molar-refractivity contribution in [3.63, 3.8) is 0 Å². The van der Waals surface area contributed by atoms with Crippen molar-refractivity contribution in [3.8, 4) is 0 Å². The van der Waals surface area contributed by atoms with E-state index in [4.69, 9.17) is 9.47 Å². The van der Waals surface area contributed by atoms with E-state index in [9.17, 15) is 4.79 Å². The van der Waals surface area contributed by atoms with Crippen LogP contribution < -0.4 is 5.32 Å². The number of ether oxygens (including phenoxy) is 2. The van der Waals surface area contributed by atoms with E-state index in [0.29, 0.717) is 11.7 Å². The van der Waals surface area contributed by atoms with Gasteiger partial charge in [0, 0.05) is 19.6 Å². The second kappa shape index (κ2) is 7.04. The second-order valence-corrected chi connectivity index (χ2v) is 6.09. The molecule has 0 bridgehead atoms. The van der Waals surface area contributed by atoms with Crippen LogP contribution in [0, 0.1) is 0 Å². The standard InChI is InChI=1S/C15H19N3O3S/c1-2-21-15(19)17-14-16-12-4-3-11(9-13(12)22-14)10-18-5-7-20-8-6-18/h3-4,9H,2,5-8,10H2,1H3,(H,16,17,19).